The fourth-order valence-corrected chi connectivity index (χ4v) is 2.18. The molecule has 0 aliphatic rings. The van der Waals surface area contributed by atoms with Crippen LogP contribution in [-0.2, 0) is 14.8 Å². The second kappa shape index (κ2) is 7.37. The minimum atomic E-state index is -3.23. The molecule has 0 saturated carbocycles. The summed E-state index contributed by atoms with van der Waals surface area (Å²) in [5.41, 5.74) is 6.93. The molecule has 1 amide bonds. The highest BCUT2D eigenvalue weighted by Gasteiger charge is 2.21. The Morgan fingerprint density at radius 1 is 1.25 bits per heavy atom. The van der Waals surface area contributed by atoms with Gasteiger partial charge in [0.2, 0.25) is 15.9 Å². The Balaban J connectivity index is 2.43. The Kier molecular flexibility index (Phi) is 6.12. The fraction of sp³-hybridized carbons (Fsp3) is 0.462. The lowest BCUT2D eigenvalue weighted by molar-refractivity contribution is -0.125. The fourth-order valence-electron chi connectivity index (χ4n) is 1.71. The molecule has 7 heteroatoms. The molecule has 6 nitrogen and oxygen atoms in total. The van der Waals surface area contributed by atoms with E-state index in [1.54, 1.807) is 6.92 Å². The first-order valence-corrected chi connectivity index (χ1v) is 8.23. The van der Waals surface area contributed by atoms with Crippen LogP contribution in [0.25, 0.3) is 0 Å². The normalized spacial score (nSPS) is 14.6. The number of hydrogen-bond acceptors (Lipinski definition) is 4. The van der Waals surface area contributed by atoms with Gasteiger partial charge < -0.3 is 11.1 Å². The minimum absolute atomic E-state index is 0.165. The van der Waals surface area contributed by atoms with E-state index < -0.39 is 15.9 Å². The number of nitrogens with one attached hydrogen (secondary N) is 2. The van der Waals surface area contributed by atoms with E-state index in [0.717, 1.165) is 11.8 Å². The molecule has 0 saturated heterocycles. The molecule has 1 aromatic carbocycles. The molecule has 112 valence electrons. The summed E-state index contributed by atoms with van der Waals surface area (Å²) < 4.78 is 24.0. The van der Waals surface area contributed by atoms with Crippen LogP contribution in [0.15, 0.2) is 30.3 Å². The molecule has 0 fully saturated rings. The van der Waals surface area contributed by atoms with Gasteiger partial charge >= 0.3 is 0 Å². The number of benzene rings is 1. The van der Waals surface area contributed by atoms with E-state index in [-0.39, 0.29) is 25.0 Å². The molecule has 2 unspecified atom stereocenters. The van der Waals surface area contributed by atoms with Crippen molar-refractivity contribution in [2.45, 2.75) is 13.0 Å². The third-order valence-corrected chi connectivity index (χ3v) is 3.65. The SMILES string of the molecule is CC(C(=O)NCCNS(C)(=O)=O)C(N)c1ccccc1. The first kappa shape index (κ1) is 16.6. The van der Waals surface area contributed by atoms with Crippen molar-refractivity contribution >= 4 is 15.9 Å². The molecule has 1 aromatic rings. The van der Waals surface area contributed by atoms with E-state index in [1.807, 2.05) is 30.3 Å². The topological polar surface area (TPSA) is 101 Å². The number of amides is 1. The Morgan fingerprint density at radius 3 is 2.40 bits per heavy atom. The monoisotopic (exact) mass is 299 g/mol. The van der Waals surface area contributed by atoms with Gasteiger partial charge in [0.15, 0.2) is 0 Å². The van der Waals surface area contributed by atoms with Crippen molar-refractivity contribution < 1.29 is 13.2 Å². The van der Waals surface area contributed by atoms with Crippen LogP contribution in [-0.4, -0.2) is 33.7 Å². The predicted octanol–water partition coefficient (Wildman–Crippen LogP) is -0.0121. The summed E-state index contributed by atoms with van der Waals surface area (Å²) in [4.78, 5) is 11.9. The van der Waals surface area contributed by atoms with Crippen molar-refractivity contribution in [3.63, 3.8) is 0 Å². The summed E-state index contributed by atoms with van der Waals surface area (Å²) in [5, 5.41) is 2.66. The Morgan fingerprint density at radius 2 is 1.85 bits per heavy atom. The molecule has 0 heterocycles. The summed E-state index contributed by atoms with van der Waals surface area (Å²) in [6.07, 6.45) is 1.07. The van der Waals surface area contributed by atoms with Gasteiger partial charge in [-0.25, -0.2) is 13.1 Å². The van der Waals surface area contributed by atoms with Gasteiger partial charge in [-0.3, -0.25) is 4.79 Å². The van der Waals surface area contributed by atoms with E-state index in [0.29, 0.717) is 0 Å². The zero-order valence-electron chi connectivity index (χ0n) is 11.7. The number of rotatable bonds is 7. The van der Waals surface area contributed by atoms with Crippen molar-refractivity contribution in [1.29, 1.82) is 0 Å². The van der Waals surface area contributed by atoms with Crippen LogP contribution < -0.4 is 15.8 Å². The summed E-state index contributed by atoms with van der Waals surface area (Å²) in [5.74, 6) is -0.590. The van der Waals surface area contributed by atoms with Gasteiger partial charge in [-0.05, 0) is 5.56 Å². The average molecular weight is 299 g/mol. The number of carbonyl (C=O) groups excluding carboxylic acids is 1. The number of carbonyl (C=O) groups is 1. The van der Waals surface area contributed by atoms with Crippen molar-refractivity contribution in [2.24, 2.45) is 11.7 Å². The van der Waals surface area contributed by atoms with E-state index in [2.05, 4.69) is 10.0 Å². The van der Waals surface area contributed by atoms with Crippen LogP contribution >= 0.6 is 0 Å². The summed E-state index contributed by atoms with van der Waals surface area (Å²) in [6.45, 7) is 2.15. The molecule has 0 aliphatic heterocycles. The van der Waals surface area contributed by atoms with E-state index in [4.69, 9.17) is 5.73 Å². The highest BCUT2D eigenvalue weighted by Crippen LogP contribution is 2.18. The van der Waals surface area contributed by atoms with E-state index in [1.165, 1.54) is 0 Å². The van der Waals surface area contributed by atoms with Gasteiger partial charge in [-0.2, -0.15) is 0 Å². The van der Waals surface area contributed by atoms with Crippen LogP contribution in [0, 0.1) is 5.92 Å². The van der Waals surface area contributed by atoms with Crippen molar-refractivity contribution in [2.75, 3.05) is 19.3 Å². The second-order valence-corrected chi connectivity index (χ2v) is 6.52. The second-order valence-electron chi connectivity index (χ2n) is 4.68. The Hall–Kier alpha value is -1.44. The zero-order valence-corrected chi connectivity index (χ0v) is 12.5. The average Bonchev–Trinajstić information content (AvgIpc) is 2.41. The maximum absolute atomic E-state index is 11.9. The Bertz CT molecular complexity index is 531. The third-order valence-electron chi connectivity index (χ3n) is 2.93. The van der Waals surface area contributed by atoms with Gasteiger partial charge in [0.05, 0.1) is 12.2 Å². The molecule has 20 heavy (non-hydrogen) atoms. The van der Waals surface area contributed by atoms with Gasteiger partial charge in [0.25, 0.3) is 0 Å². The smallest absolute Gasteiger partial charge is 0.224 e. The van der Waals surface area contributed by atoms with E-state index >= 15 is 0 Å². The minimum Gasteiger partial charge on any atom is -0.354 e. The van der Waals surface area contributed by atoms with Gasteiger partial charge in [0.1, 0.15) is 0 Å². The molecule has 0 bridgehead atoms. The molecule has 4 N–H and O–H groups in total. The van der Waals surface area contributed by atoms with Crippen molar-refractivity contribution in [1.82, 2.24) is 10.0 Å². The highest BCUT2D eigenvalue weighted by molar-refractivity contribution is 7.88. The van der Waals surface area contributed by atoms with E-state index in [9.17, 15) is 13.2 Å². The first-order chi connectivity index (χ1) is 9.31. The van der Waals surface area contributed by atoms with Gasteiger partial charge in [0, 0.05) is 19.1 Å². The number of nitrogens with two attached hydrogens (primary N) is 1. The molecule has 0 aromatic heterocycles. The molecule has 1 rings (SSSR count). The van der Waals surface area contributed by atoms with Crippen molar-refractivity contribution in [3.8, 4) is 0 Å². The molecular formula is C13H21N3O3S. The quantitative estimate of drug-likeness (QED) is 0.616. The lowest BCUT2D eigenvalue weighted by Gasteiger charge is -2.19. The third kappa shape index (κ3) is 5.68. The van der Waals surface area contributed by atoms with Gasteiger partial charge in [-0.1, -0.05) is 37.3 Å². The molecular weight excluding hydrogens is 278 g/mol. The standard InChI is InChI=1S/C13H21N3O3S/c1-10(12(14)11-6-4-3-5-7-11)13(17)15-8-9-16-20(2,18)19/h3-7,10,12,16H,8-9,14H2,1-2H3,(H,15,17). The summed E-state index contributed by atoms with van der Waals surface area (Å²) in [7, 11) is -3.23. The number of sulfonamides is 1. The van der Waals surface area contributed by atoms with Crippen molar-refractivity contribution in [3.05, 3.63) is 35.9 Å². The maximum atomic E-state index is 11.9. The maximum Gasteiger partial charge on any atom is 0.224 e. The summed E-state index contributed by atoms with van der Waals surface area (Å²) in [6, 6.07) is 8.99. The Labute approximate surface area is 119 Å². The van der Waals surface area contributed by atoms with Crippen LogP contribution in [0.3, 0.4) is 0 Å². The van der Waals surface area contributed by atoms with Crippen LogP contribution in [0.4, 0.5) is 0 Å². The summed E-state index contributed by atoms with van der Waals surface area (Å²) >= 11 is 0. The van der Waals surface area contributed by atoms with Crippen LogP contribution in [0.1, 0.15) is 18.5 Å². The molecule has 2 atom stereocenters. The molecule has 0 radical (unpaired) electrons. The van der Waals surface area contributed by atoms with Crippen LogP contribution in [0.2, 0.25) is 0 Å². The largest absolute Gasteiger partial charge is 0.354 e. The molecule has 0 aliphatic carbocycles. The predicted molar refractivity (Wildman–Crippen MR) is 78.4 cm³/mol. The lowest BCUT2D eigenvalue weighted by atomic mass is 9.95. The lowest BCUT2D eigenvalue weighted by Crippen LogP contribution is -2.39. The van der Waals surface area contributed by atoms with Crippen LogP contribution in [0.5, 0.6) is 0 Å². The zero-order chi connectivity index (χ0) is 15.2. The number of hydrogen-bond donors (Lipinski definition) is 3. The molecule has 0 spiro atoms. The first-order valence-electron chi connectivity index (χ1n) is 6.34. The van der Waals surface area contributed by atoms with Gasteiger partial charge in [-0.15, -0.1) is 0 Å². The highest BCUT2D eigenvalue weighted by atomic mass is 32.2.